The van der Waals surface area contributed by atoms with Crippen molar-refractivity contribution >= 4 is 23.4 Å². The lowest BCUT2D eigenvalue weighted by Crippen LogP contribution is -2.05. The molecule has 3 heterocycles. The maximum Gasteiger partial charge on any atom is 0.222 e. The summed E-state index contributed by atoms with van der Waals surface area (Å²) in [6.07, 6.45) is 8.80. The van der Waals surface area contributed by atoms with Crippen molar-refractivity contribution in [2.24, 2.45) is 0 Å². The van der Waals surface area contributed by atoms with Gasteiger partial charge in [0.25, 0.3) is 0 Å². The molecule has 0 aromatic carbocycles. The highest BCUT2D eigenvalue weighted by molar-refractivity contribution is 7.98. The quantitative estimate of drug-likeness (QED) is 0.679. The Bertz CT molecular complexity index is 726. The zero-order valence-electron chi connectivity index (χ0n) is 12.6. The van der Waals surface area contributed by atoms with Crippen LogP contribution < -0.4 is 5.32 Å². The molecule has 0 aliphatic rings. The summed E-state index contributed by atoms with van der Waals surface area (Å²) in [5, 5.41) is 3.22. The number of hydrogen-bond donors (Lipinski definition) is 1. The Kier molecular flexibility index (Phi) is 4.90. The van der Waals surface area contributed by atoms with Crippen LogP contribution in [0.3, 0.4) is 0 Å². The van der Waals surface area contributed by atoms with Crippen molar-refractivity contribution in [2.75, 3.05) is 17.6 Å². The summed E-state index contributed by atoms with van der Waals surface area (Å²) in [6, 6.07) is 5.97. The predicted molar refractivity (Wildman–Crippen MR) is 91.2 cm³/mol. The maximum atomic E-state index is 4.63. The standard InChI is InChI=1S/C16H19N5S/c1-13-4-5-15-20-14(11-21(15)10-13)12-22-9-3-8-19-16-17-6-2-7-18-16/h2,4-7,10-11H,3,8-9,12H2,1H3,(H,17,18,19). The second kappa shape index (κ2) is 7.26. The van der Waals surface area contributed by atoms with Gasteiger partial charge in [0.05, 0.1) is 5.69 Å². The number of nitrogens with one attached hydrogen (secondary N) is 1. The fraction of sp³-hybridized carbons (Fsp3) is 0.312. The highest BCUT2D eigenvalue weighted by Crippen LogP contribution is 2.14. The number of fused-ring (bicyclic) bond motifs is 1. The lowest BCUT2D eigenvalue weighted by molar-refractivity contribution is 0.961. The number of aryl methyl sites for hydroxylation is 1. The summed E-state index contributed by atoms with van der Waals surface area (Å²) >= 11 is 1.90. The molecule has 1 N–H and O–H groups in total. The first-order valence-electron chi connectivity index (χ1n) is 7.34. The first-order chi connectivity index (χ1) is 10.8. The van der Waals surface area contributed by atoms with E-state index in [1.165, 1.54) is 5.56 Å². The van der Waals surface area contributed by atoms with Gasteiger partial charge in [0.2, 0.25) is 5.95 Å². The summed E-state index contributed by atoms with van der Waals surface area (Å²) in [4.78, 5) is 12.9. The van der Waals surface area contributed by atoms with Crippen molar-refractivity contribution in [1.82, 2.24) is 19.4 Å². The van der Waals surface area contributed by atoms with E-state index in [4.69, 9.17) is 0 Å². The average molecular weight is 313 g/mol. The van der Waals surface area contributed by atoms with E-state index in [0.29, 0.717) is 5.95 Å². The molecule has 0 saturated carbocycles. The number of anilines is 1. The number of pyridine rings is 1. The number of thioether (sulfide) groups is 1. The van der Waals surface area contributed by atoms with Crippen molar-refractivity contribution in [2.45, 2.75) is 19.1 Å². The molecule has 3 rings (SSSR count). The van der Waals surface area contributed by atoms with Crippen LogP contribution in [0.25, 0.3) is 5.65 Å². The van der Waals surface area contributed by atoms with Crippen molar-refractivity contribution in [3.8, 4) is 0 Å². The first kappa shape index (κ1) is 14.8. The van der Waals surface area contributed by atoms with Crippen LogP contribution in [0.2, 0.25) is 0 Å². The monoisotopic (exact) mass is 313 g/mol. The Hall–Kier alpha value is -2.08. The van der Waals surface area contributed by atoms with E-state index in [1.807, 2.05) is 17.8 Å². The number of imidazole rings is 1. The molecule has 0 spiro atoms. The van der Waals surface area contributed by atoms with Gasteiger partial charge >= 0.3 is 0 Å². The van der Waals surface area contributed by atoms with E-state index in [9.17, 15) is 0 Å². The van der Waals surface area contributed by atoms with Crippen molar-refractivity contribution < 1.29 is 0 Å². The molecule has 3 aromatic rings. The van der Waals surface area contributed by atoms with Gasteiger partial charge in [0.15, 0.2) is 0 Å². The third-order valence-electron chi connectivity index (χ3n) is 3.21. The van der Waals surface area contributed by atoms with Gasteiger partial charge in [-0.15, -0.1) is 0 Å². The third-order valence-corrected chi connectivity index (χ3v) is 4.29. The molecule has 114 valence electrons. The second-order valence-electron chi connectivity index (χ2n) is 5.11. The molecule has 5 nitrogen and oxygen atoms in total. The summed E-state index contributed by atoms with van der Waals surface area (Å²) in [6.45, 7) is 2.98. The molecule has 22 heavy (non-hydrogen) atoms. The highest BCUT2D eigenvalue weighted by Gasteiger charge is 2.02. The van der Waals surface area contributed by atoms with Crippen LogP contribution in [0.15, 0.2) is 43.0 Å². The average Bonchev–Trinajstić information content (AvgIpc) is 2.93. The molecular weight excluding hydrogens is 294 g/mol. The van der Waals surface area contributed by atoms with Gasteiger partial charge in [-0.1, -0.05) is 6.07 Å². The molecule has 0 amide bonds. The molecule has 0 aliphatic heterocycles. The lowest BCUT2D eigenvalue weighted by Gasteiger charge is -2.03. The van der Waals surface area contributed by atoms with E-state index < -0.39 is 0 Å². The van der Waals surface area contributed by atoms with Crippen LogP contribution in [0.4, 0.5) is 5.95 Å². The Morgan fingerprint density at radius 2 is 2.05 bits per heavy atom. The predicted octanol–water partition coefficient (Wildman–Crippen LogP) is 3.17. The maximum absolute atomic E-state index is 4.63. The van der Waals surface area contributed by atoms with Crippen molar-refractivity contribution in [1.29, 1.82) is 0 Å². The summed E-state index contributed by atoms with van der Waals surface area (Å²) in [5.41, 5.74) is 3.40. The second-order valence-corrected chi connectivity index (χ2v) is 6.21. The molecule has 6 heteroatoms. The zero-order valence-corrected chi connectivity index (χ0v) is 13.4. The molecule has 0 bridgehead atoms. The third kappa shape index (κ3) is 3.98. The molecule has 0 unspecified atom stereocenters. The van der Waals surface area contributed by atoms with Crippen LogP contribution in [-0.2, 0) is 5.75 Å². The molecule has 0 fully saturated rings. The van der Waals surface area contributed by atoms with Gasteiger partial charge in [-0.05, 0) is 36.8 Å². The number of hydrogen-bond acceptors (Lipinski definition) is 5. The zero-order chi connectivity index (χ0) is 15.2. The minimum atomic E-state index is 0.697. The number of rotatable bonds is 7. The van der Waals surface area contributed by atoms with Gasteiger partial charge in [0.1, 0.15) is 5.65 Å². The lowest BCUT2D eigenvalue weighted by atomic mass is 10.3. The molecule has 3 aromatic heterocycles. The summed E-state index contributed by atoms with van der Waals surface area (Å²) < 4.78 is 2.10. The normalized spacial score (nSPS) is 11.0. The van der Waals surface area contributed by atoms with Crippen LogP contribution in [-0.4, -0.2) is 31.7 Å². The Morgan fingerprint density at radius 3 is 2.91 bits per heavy atom. The fourth-order valence-electron chi connectivity index (χ4n) is 2.17. The van der Waals surface area contributed by atoms with Gasteiger partial charge in [-0.3, -0.25) is 0 Å². The molecule has 0 atom stereocenters. The van der Waals surface area contributed by atoms with E-state index in [2.05, 4.69) is 56.1 Å². The Morgan fingerprint density at radius 1 is 1.18 bits per heavy atom. The highest BCUT2D eigenvalue weighted by atomic mass is 32.2. The minimum Gasteiger partial charge on any atom is -0.354 e. The molecule has 0 aliphatic carbocycles. The van der Waals surface area contributed by atoms with Crippen LogP contribution >= 0.6 is 11.8 Å². The van der Waals surface area contributed by atoms with Crippen molar-refractivity contribution in [3.05, 3.63) is 54.2 Å². The summed E-state index contributed by atoms with van der Waals surface area (Å²) in [5.74, 6) is 2.73. The largest absolute Gasteiger partial charge is 0.354 e. The topological polar surface area (TPSA) is 55.1 Å². The smallest absolute Gasteiger partial charge is 0.222 e. The number of nitrogens with zero attached hydrogens (tertiary/aromatic N) is 4. The first-order valence-corrected chi connectivity index (χ1v) is 8.49. The van der Waals surface area contributed by atoms with Gasteiger partial charge < -0.3 is 9.72 Å². The Labute approximate surface area is 134 Å². The van der Waals surface area contributed by atoms with Crippen LogP contribution in [0.1, 0.15) is 17.7 Å². The Balaban J connectivity index is 1.39. The summed E-state index contributed by atoms with van der Waals surface area (Å²) in [7, 11) is 0. The molecule has 0 saturated heterocycles. The van der Waals surface area contributed by atoms with Crippen molar-refractivity contribution in [3.63, 3.8) is 0 Å². The van der Waals surface area contributed by atoms with E-state index >= 15 is 0 Å². The number of aromatic nitrogens is 4. The minimum absolute atomic E-state index is 0.697. The van der Waals surface area contributed by atoms with E-state index in [1.54, 1.807) is 12.4 Å². The van der Waals surface area contributed by atoms with Gasteiger partial charge in [0, 0.05) is 37.1 Å². The van der Waals surface area contributed by atoms with Crippen LogP contribution in [0.5, 0.6) is 0 Å². The van der Waals surface area contributed by atoms with E-state index in [0.717, 1.165) is 35.8 Å². The SMILES string of the molecule is Cc1ccc2nc(CSCCCNc3ncccn3)cn2c1. The molecule has 0 radical (unpaired) electrons. The van der Waals surface area contributed by atoms with E-state index in [-0.39, 0.29) is 0 Å². The molecular formula is C16H19N5S. The van der Waals surface area contributed by atoms with Gasteiger partial charge in [-0.25, -0.2) is 15.0 Å². The van der Waals surface area contributed by atoms with Crippen LogP contribution in [0, 0.1) is 6.92 Å². The fourth-order valence-corrected chi connectivity index (χ4v) is 3.01. The van der Waals surface area contributed by atoms with Gasteiger partial charge in [-0.2, -0.15) is 11.8 Å².